The number of aryl methyl sites for hydroxylation is 1. The van der Waals surface area contributed by atoms with Crippen molar-refractivity contribution in [1.29, 1.82) is 0 Å². The predicted octanol–water partition coefficient (Wildman–Crippen LogP) is 5.38. The first kappa shape index (κ1) is 25.0. The van der Waals surface area contributed by atoms with Crippen molar-refractivity contribution >= 4 is 16.6 Å². The standard InChI is InChI=1S/C29H34O6/c1-17-12-25(35-27(13-17)18(2)30)16-24(32)10-7-20-8-11-26(33)29(34-3)28(20)21-5-4-19-6-9-23(31)15-22(19)14-21/h4-6,8-9,11,14-15,17-18,25,27,30-31,33H,7,10,12-13,16H2,1-3H3/t17-,18-,25+,27+/m0/s1. The number of aliphatic hydroxyl groups is 1. The number of phenolic OH excluding ortho intramolecular Hbond substituents is 2. The Balaban J connectivity index is 1.55. The van der Waals surface area contributed by atoms with Crippen LogP contribution in [-0.2, 0) is 16.0 Å². The molecule has 1 heterocycles. The lowest BCUT2D eigenvalue weighted by molar-refractivity contribution is -0.135. The minimum atomic E-state index is -0.550. The molecule has 0 bridgehead atoms. The molecule has 0 aromatic heterocycles. The fourth-order valence-electron chi connectivity index (χ4n) is 5.11. The third-order valence-electron chi connectivity index (χ3n) is 6.87. The molecule has 4 rings (SSSR count). The summed E-state index contributed by atoms with van der Waals surface area (Å²) >= 11 is 0. The highest BCUT2D eigenvalue weighted by atomic mass is 16.5. The quantitative estimate of drug-likeness (QED) is 0.402. The predicted molar refractivity (Wildman–Crippen MR) is 136 cm³/mol. The summed E-state index contributed by atoms with van der Waals surface area (Å²) in [5, 5.41) is 32.1. The Morgan fingerprint density at radius 2 is 1.86 bits per heavy atom. The number of ether oxygens (including phenoxy) is 2. The van der Waals surface area contributed by atoms with Gasteiger partial charge in [0, 0.05) is 18.4 Å². The lowest BCUT2D eigenvalue weighted by atomic mass is 9.88. The molecule has 1 fully saturated rings. The fraction of sp³-hybridized carbons (Fsp3) is 0.414. The number of phenols is 2. The molecular formula is C29H34O6. The van der Waals surface area contributed by atoms with E-state index < -0.39 is 6.10 Å². The van der Waals surface area contributed by atoms with E-state index >= 15 is 0 Å². The zero-order chi connectivity index (χ0) is 25.1. The molecule has 1 saturated heterocycles. The highest BCUT2D eigenvalue weighted by molar-refractivity contribution is 5.90. The van der Waals surface area contributed by atoms with Gasteiger partial charge in [-0.05, 0) is 78.3 Å². The Kier molecular flexibility index (Phi) is 7.63. The van der Waals surface area contributed by atoms with Crippen LogP contribution in [0.2, 0.25) is 0 Å². The summed E-state index contributed by atoms with van der Waals surface area (Å²) in [6.07, 6.45) is 1.83. The van der Waals surface area contributed by atoms with Crippen molar-refractivity contribution in [3.05, 3.63) is 54.1 Å². The van der Waals surface area contributed by atoms with Gasteiger partial charge in [0.25, 0.3) is 0 Å². The molecule has 4 atom stereocenters. The van der Waals surface area contributed by atoms with Gasteiger partial charge in [0.15, 0.2) is 11.5 Å². The maximum atomic E-state index is 12.9. The molecule has 186 valence electrons. The minimum Gasteiger partial charge on any atom is -0.508 e. The van der Waals surface area contributed by atoms with Crippen LogP contribution in [0.1, 0.15) is 45.1 Å². The van der Waals surface area contributed by atoms with Crippen LogP contribution >= 0.6 is 0 Å². The number of hydrogen-bond donors (Lipinski definition) is 3. The third-order valence-corrected chi connectivity index (χ3v) is 6.87. The molecule has 0 unspecified atom stereocenters. The molecule has 0 saturated carbocycles. The first-order valence-corrected chi connectivity index (χ1v) is 12.2. The van der Waals surface area contributed by atoms with Crippen molar-refractivity contribution in [2.75, 3.05) is 7.11 Å². The molecule has 6 heteroatoms. The summed E-state index contributed by atoms with van der Waals surface area (Å²) in [7, 11) is 1.51. The van der Waals surface area contributed by atoms with Crippen molar-refractivity contribution in [2.24, 2.45) is 5.92 Å². The molecule has 1 aliphatic heterocycles. The third kappa shape index (κ3) is 5.77. The average Bonchev–Trinajstić information content (AvgIpc) is 2.82. The van der Waals surface area contributed by atoms with E-state index in [-0.39, 0.29) is 29.5 Å². The number of hydrogen-bond acceptors (Lipinski definition) is 6. The zero-order valence-corrected chi connectivity index (χ0v) is 20.5. The van der Waals surface area contributed by atoms with E-state index in [9.17, 15) is 20.1 Å². The summed E-state index contributed by atoms with van der Waals surface area (Å²) in [6, 6.07) is 14.5. The molecule has 0 aliphatic carbocycles. The van der Waals surface area contributed by atoms with Crippen LogP contribution in [0.25, 0.3) is 21.9 Å². The average molecular weight is 479 g/mol. The van der Waals surface area contributed by atoms with Crippen molar-refractivity contribution in [1.82, 2.24) is 0 Å². The maximum Gasteiger partial charge on any atom is 0.168 e. The lowest BCUT2D eigenvalue weighted by Crippen LogP contribution is -2.39. The summed E-state index contributed by atoms with van der Waals surface area (Å²) in [5.74, 6) is 1.08. The van der Waals surface area contributed by atoms with Crippen LogP contribution in [0.3, 0.4) is 0 Å². The number of carbonyl (C=O) groups excluding carboxylic acids is 1. The van der Waals surface area contributed by atoms with Gasteiger partial charge in [0.05, 0.1) is 25.4 Å². The number of aromatic hydroxyl groups is 2. The summed E-state index contributed by atoms with van der Waals surface area (Å²) < 4.78 is 11.5. The fourth-order valence-corrected chi connectivity index (χ4v) is 5.11. The van der Waals surface area contributed by atoms with Crippen molar-refractivity contribution < 1.29 is 29.6 Å². The van der Waals surface area contributed by atoms with Gasteiger partial charge in [0.1, 0.15) is 11.5 Å². The summed E-state index contributed by atoms with van der Waals surface area (Å²) in [6.45, 7) is 3.86. The number of fused-ring (bicyclic) bond motifs is 1. The van der Waals surface area contributed by atoms with Gasteiger partial charge in [-0.3, -0.25) is 4.79 Å². The number of ketones is 1. The molecule has 1 aliphatic rings. The van der Waals surface area contributed by atoms with E-state index in [1.807, 2.05) is 30.3 Å². The van der Waals surface area contributed by atoms with Crippen LogP contribution in [0.15, 0.2) is 48.5 Å². The van der Waals surface area contributed by atoms with Crippen molar-refractivity contribution in [3.63, 3.8) is 0 Å². The van der Waals surface area contributed by atoms with E-state index in [2.05, 4.69) is 6.92 Å². The van der Waals surface area contributed by atoms with Gasteiger partial charge < -0.3 is 24.8 Å². The Morgan fingerprint density at radius 3 is 2.60 bits per heavy atom. The number of aliphatic hydroxyl groups excluding tert-OH is 1. The Labute approximate surface area is 206 Å². The van der Waals surface area contributed by atoms with E-state index in [1.165, 1.54) is 7.11 Å². The van der Waals surface area contributed by atoms with Gasteiger partial charge in [-0.2, -0.15) is 0 Å². The smallest absolute Gasteiger partial charge is 0.168 e. The van der Waals surface area contributed by atoms with Gasteiger partial charge in [0.2, 0.25) is 0 Å². The number of benzene rings is 3. The first-order chi connectivity index (χ1) is 16.7. The van der Waals surface area contributed by atoms with Crippen molar-refractivity contribution in [2.45, 2.75) is 64.3 Å². The van der Waals surface area contributed by atoms with E-state index in [4.69, 9.17) is 9.47 Å². The van der Waals surface area contributed by atoms with Crippen LogP contribution in [0.4, 0.5) is 0 Å². The summed E-state index contributed by atoms with van der Waals surface area (Å²) in [4.78, 5) is 12.9. The SMILES string of the molecule is COc1c(O)ccc(CCC(=O)C[C@H]2C[C@H](C)C[C@H]([C@H](C)O)O2)c1-c1ccc2ccc(O)cc2c1. The molecule has 3 N–H and O–H groups in total. The summed E-state index contributed by atoms with van der Waals surface area (Å²) in [5.41, 5.74) is 2.47. The van der Waals surface area contributed by atoms with Crippen LogP contribution in [-0.4, -0.2) is 46.5 Å². The van der Waals surface area contributed by atoms with E-state index in [1.54, 1.807) is 25.1 Å². The minimum absolute atomic E-state index is 0.0299. The molecule has 3 aromatic rings. The maximum absolute atomic E-state index is 12.9. The zero-order valence-electron chi connectivity index (χ0n) is 20.5. The molecular weight excluding hydrogens is 444 g/mol. The molecule has 6 nitrogen and oxygen atoms in total. The Hall–Kier alpha value is -3.09. The molecule has 0 amide bonds. The van der Waals surface area contributed by atoms with E-state index in [0.717, 1.165) is 40.3 Å². The van der Waals surface area contributed by atoms with Crippen LogP contribution in [0.5, 0.6) is 17.2 Å². The number of rotatable bonds is 8. The second-order valence-corrected chi connectivity index (χ2v) is 9.75. The molecule has 3 aromatic carbocycles. The highest BCUT2D eigenvalue weighted by Crippen LogP contribution is 2.41. The number of methoxy groups -OCH3 is 1. The van der Waals surface area contributed by atoms with E-state index in [0.29, 0.717) is 30.9 Å². The normalized spacial score (nSPS) is 21.1. The Bertz CT molecular complexity index is 1200. The van der Waals surface area contributed by atoms with Crippen molar-refractivity contribution in [3.8, 4) is 28.4 Å². The molecule has 0 radical (unpaired) electrons. The van der Waals surface area contributed by atoms with Gasteiger partial charge in [-0.15, -0.1) is 0 Å². The largest absolute Gasteiger partial charge is 0.508 e. The van der Waals surface area contributed by atoms with Crippen LogP contribution < -0.4 is 4.74 Å². The highest BCUT2D eigenvalue weighted by Gasteiger charge is 2.31. The monoisotopic (exact) mass is 478 g/mol. The molecule has 0 spiro atoms. The lowest BCUT2D eigenvalue weighted by Gasteiger charge is -2.35. The topological polar surface area (TPSA) is 96.2 Å². The van der Waals surface area contributed by atoms with Crippen LogP contribution in [0, 0.1) is 5.92 Å². The van der Waals surface area contributed by atoms with Gasteiger partial charge in [-0.25, -0.2) is 0 Å². The second kappa shape index (κ2) is 10.7. The van der Waals surface area contributed by atoms with Gasteiger partial charge in [-0.1, -0.05) is 31.2 Å². The molecule has 35 heavy (non-hydrogen) atoms. The Morgan fingerprint density at radius 1 is 1.09 bits per heavy atom. The van der Waals surface area contributed by atoms with Gasteiger partial charge >= 0.3 is 0 Å². The second-order valence-electron chi connectivity index (χ2n) is 9.75. The number of carbonyl (C=O) groups is 1. The number of Topliss-reactive ketones (excluding diaryl/α,β-unsaturated/α-hetero) is 1. The first-order valence-electron chi connectivity index (χ1n) is 12.2.